The number of anilines is 1. The zero-order valence-corrected chi connectivity index (χ0v) is 24.8. The Morgan fingerprint density at radius 1 is 0.950 bits per heavy atom. The Hall–Kier alpha value is -3.56. The predicted octanol–water partition coefficient (Wildman–Crippen LogP) is 5.12. The van der Waals surface area contributed by atoms with Gasteiger partial charge in [-0.1, -0.05) is 62.7 Å². The predicted molar refractivity (Wildman–Crippen MR) is 158 cm³/mol. The summed E-state index contributed by atoms with van der Waals surface area (Å²) >= 11 is 6.06. The minimum absolute atomic E-state index is 0.0101. The van der Waals surface area contributed by atoms with Crippen LogP contribution in [0.3, 0.4) is 0 Å². The largest absolute Gasteiger partial charge is 0.497 e. The van der Waals surface area contributed by atoms with E-state index >= 15 is 0 Å². The van der Waals surface area contributed by atoms with Gasteiger partial charge in [0.1, 0.15) is 18.3 Å². The molecule has 0 aliphatic heterocycles. The van der Waals surface area contributed by atoms with Crippen LogP contribution < -0.4 is 14.4 Å². The Bertz CT molecular complexity index is 1360. The van der Waals surface area contributed by atoms with Crippen LogP contribution in [0.4, 0.5) is 5.69 Å². The number of hydrogen-bond donors (Lipinski definition) is 1. The molecule has 0 aromatic heterocycles. The fourth-order valence-corrected chi connectivity index (χ4v) is 5.67. The summed E-state index contributed by atoms with van der Waals surface area (Å²) in [7, 11) is -2.65. The minimum Gasteiger partial charge on any atom is -0.497 e. The first kappa shape index (κ1) is 31.0. The summed E-state index contributed by atoms with van der Waals surface area (Å²) in [5.74, 6) is -0.0658. The highest BCUT2D eigenvalue weighted by Crippen LogP contribution is 2.26. The van der Waals surface area contributed by atoms with E-state index in [1.165, 1.54) is 24.1 Å². The van der Waals surface area contributed by atoms with Crippen molar-refractivity contribution in [3.05, 3.63) is 89.4 Å². The molecule has 2 amide bonds. The van der Waals surface area contributed by atoms with E-state index in [0.717, 1.165) is 9.87 Å². The summed E-state index contributed by atoms with van der Waals surface area (Å²) in [6, 6.07) is 20.6. The van der Waals surface area contributed by atoms with E-state index in [-0.39, 0.29) is 23.3 Å². The molecule has 40 heavy (non-hydrogen) atoms. The van der Waals surface area contributed by atoms with Crippen molar-refractivity contribution < 1.29 is 22.7 Å². The molecule has 0 aliphatic carbocycles. The van der Waals surface area contributed by atoms with Crippen LogP contribution in [0.25, 0.3) is 0 Å². The van der Waals surface area contributed by atoms with Crippen LogP contribution in [-0.4, -0.2) is 51.4 Å². The van der Waals surface area contributed by atoms with Crippen LogP contribution in [0.1, 0.15) is 32.8 Å². The lowest BCUT2D eigenvalue weighted by atomic mass is 10.1. The minimum atomic E-state index is -4.15. The van der Waals surface area contributed by atoms with Crippen molar-refractivity contribution in [2.75, 3.05) is 24.5 Å². The number of nitrogens with one attached hydrogen (secondary N) is 1. The van der Waals surface area contributed by atoms with Gasteiger partial charge >= 0.3 is 0 Å². The zero-order valence-electron chi connectivity index (χ0n) is 23.2. The number of methoxy groups -OCH3 is 1. The van der Waals surface area contributed by atoms with E-state index < -0.39 is 28.5 Å². The normalized spacial score (nSPS) is 12.1. The Morgan fingerprint density at radius 3 is 2.12 bits per heavy atom. The Kier molecular flexibility index (Phi) is 11.0. The van der Waals surface area contributed by atoms with Crippen LogP contribution in [0.5, 0.6) is 5.75 Å². The Balaban J connectivity index is 2.01. The number of hydrogen-bond acceptors (Lipinski definition) is 5. The molecule has 0 saturated carbocycles. The maximum absolute atomic E-state index is 14.0. The highest BCUT2D eigenvalue weighted by atomic mass is 35.5. The molecule has 0 heterocycles. The fraction of sp³-hybridized carbons (Fsp3) is 0.333. The van der Waals surface area contributed by atoms with Gasteiger partial charge in [0.05, 0.1) is 17.7 Å². The Morgan fingerprint density at radius 2 is 1.57 bits per heavy atom. The second-order valence-corrected chi connectivity index (χ2v) is 12.0. The zero-order chi connectivity index (χ0) is 29.3. The summed E-state index contributed by atoms with van der Waals surface area (Å²) in [6.07, 6.45) is 0.347. The summed E-state index contributed by atoms with van der Waals surface area (Å²) < 4.78 is 34.0. The summed E-state index contributed by atoms with van der Waals surface area (Å²) in [6.45, 7) is 5.86. The van der Waals surface area contributed by atoms with E-state index in [0.29, 0.717) is 29.4 Å². The molecule has 8 nitrogen and oxygen atoms in total. The van der Waals surface area contributed by atoms with Crippen LogP contribution in [0, 0.1) is 5.92 Å². The number of ether oxygens (including phenoxy) is 1. The van der Waals surface area contributed by atoms with Crippen molar-refractivity contribution in [1.29, 1.82) is 0 Å². The van der Waals surface area contributed by atoms with Gasteiger partial charge in [0.2, 0.25) is 11.8 Å². The lowest BCUT2D eigenvalue weighted by Gasteiger charge is -2.33. The molecule has 3 rings (SSSR count). The maximum atomic E-state index is 14.0. The van der Waals surface area contributed by atoms with E-state index in [2.05, 4.69) is 5.32 Å². The average molecular weight is 586 g/mol. The maximum Gasteiger partial charge on any atom is 0.264 e. The van der Waals surface area contributed by atoms with Gasteiger partial charge in [-0.25, -0.2) is 8.42 Å². The van der Waals surface area contributed by atoms with Crippen LogP contribution in [0.15, 0.2) is 83.8 Å². The highest BCUT2D eigenvalue weighted by molar-refractivity contribution is 7.92. The van der Waals surface area contributed by atoms with Crippen molar-refractivity contribution in [3.63, 3.8) is 0 Å². The number of amides is 2. The van der Waals surface area contributed by atoms with Crippen molar-refractivity contribution in [3.8, 4) is 5.75 Å². The molecule has 0 aliphatic rings. The van der Waals surface area contributed by atoms with Crippen LogP contribution in [0.2, 0.25) is 5.02 Å². The molecule has 10 heteroatoms. The third kappa shape index (κ3) is 7.99. The number of benzene rings is 3. The fourth-order valence-electron chi connectivity index (χ4n) is 4.13. The molecule has 3 aromatic carbocycles. The third-order valence-corrected chi connectivity index (χ3v) is 8.35. The lowest BCUT2D eigenvalue weighted by Crippen LogP contribution is -2.52. The molecule has 0 fully saturated rings. The summed E-state index contributed by atoms with van der Waals surface area (Å²) in [4.78, 5) is 28.7. The molecule has 0 unspecified atom stereocenters. The first-order chi connectivity index (χ1) is 19.1. The van der Waals surface area contributed by atoms with Gasteiger partial charge in [0, 0.05) is 18.1 Å². The van der Waals surface area contributed by atoms with Crippen LogP contribution >= 0.6 is 11.6 Å². The first-order valence-electron chi connectivity index (χ1n) is 13.1. The van der Waals surface area contributed by atoms with Gasteiger partial charge in [0.25, 0.3) is 10.0 Å². The molecule has 1 atom stereocenters. The number of carbonyl (C=O) groups excluding carboxylic acids is 2. The van der Waals surface area contributed by atoms with Crippen molar-refractivity contribution in [2.45, 2.75) is 44.7 Å². The average Bonchev–Trinajstić information content (AvgIpc) is 2.95. The van der Waals surface area contributed by atoms with E-state index in [1.807, 2.05) is 20.8 Å². The van der Waals surface area contributed by atoms with Crippen LogP contribution in [-0.2, 0) is 26.2 Å². The van der Waals surface area contributed by atoms with Crippen molar-refractivity contribution in [1.82, 2.24) is 10.2 Å². The van der Waals surface area contributed by atoms with Gasteiger partial charge < -0.3 is 15.0 Å². The Labute approximate surface area is 241 Å². The molecule has 0 bridgehead atoms. The molecule has 0 radical (unpaired) electrons. The standard InChI is InChI=1S/C30H36ClN3O5S/c1-5-28(30(36)32-19-22(2)3)33(20-23-11-13-24(31)14-12-23)29(35)21-34(25-9-7-6-8-10-25)40(37,38)27-17-15-26(39-4)16-18-27/h6-18,22,28H,5,19-21H2,1-4H3,(H,32,36)/t28-/m1/s1. The number of nitrogens with zero attached hydrogens (tertiary/aromatic N) is 2. The second-order valence-electron chi connectivity index (χ2n) is 9.73. The number of rotatable bonds is 13. The van der Waals surface area contributed by atoms with Crippen molar-refractivity contribution >= 4 is 39.1 Å². The van der Waals surface area contributed by atoms with Gasteiger partial charge in [-0.3, -0.25) is 13.9 Å². The molecule has 1 N–H and O–H groups in total. The smallest absolute Gasteiger partial charge is 0.264 e. The second kappa shape index (κ2) is 14.2. The van der Waals surface area contributed by atoms with E-state index in [4.69, 9.17) is 16.3 Å². The topological polar surface area (TPSA) is 96.0 Å². The molecule has 3 aromatic rings. The number of halogens is 1. The molecular weight excluding hydrogens is 550 g/mol. The third-order valence-electron chi connectivity index (χ3n) is 6.31. The number of sulfonamides is 1. The monoisotopic (exact) mass is 585 g/mol. The number of para-hydroxylation sites is 1. The molecule has 0 saturated heterocycles. The summed E-state index contributed by atoms with van der Waals surface area (Å²) in [5.41, 5.74) is 1.09. The van der Waals surface area contributed by atoms with E-state index in [1.54, 1.807) is 66.7 Å². The van der Waals surface area contributed by atoms with Gasteiger partial charge in [-0.05, 0) is 66.4 Å². The SMILES string of the molecule is CC[C@H](C(=O)NCC(C)C)N(Cc1ccc(Cl)cc1)C(=O)CN(c1ccccc1)S(=O)(=O)c1ccc(OC)cc1. The quantitative estimate of drug-likeness (QED) is 0.300. The first-order valence-corrected chi connectivity index (χ1v) is 14.9. The summed E-state index contributed by atoms with van der Waals surface area (Å²) in [5, 5.41) is 3.46. The van der Waals surface area contributed by atoms with Gasteiger partial charge in [0.15, 0.2) is 0 Å². The lowest BCUT2D eigenvalue weighted by molar-refractivity contribution is -0.140. The van der Waals surface area contributed by atoms with Crippen molar-refractivity contribution in [2.24, 2.45) is 5.92 Å². The van der Waals surface area contributed by atoms with E-state index in [9.17, 15) is 18.0 Å². The highest BCUT2D eigenvalue weighted by Gasteiger charge is 2.33. The molecule has 214 valence electrons. The molecule has 0 spiro atoms. The van der Waals surface area contributed by atoms with Gasteiger partial charge in [-0.15, -0.1) is 0 Å². The molecular formula is C30H36ClN3O5S. The van der Waals surface area contributed by atoms with Gasteiger partial charge in [-0.2, -0.15) is 0 Å². The number of carbonyl (C=O) groups is 2.